The van der Waals surface area contributed by atoms with E-state index < -0.39 is 5.82 Å². The van der Waals surface area contributed by atoms with Crippen molar-refractivity contribution in [2.45, 2.75) is 0 Å². The van der Waals surface area contributed by atoms with Crippen LogP contribution >= 0.6 is 27.5 Å². The fourth-order valence-electron chi connectivity index (χ4n) is 1.03. The Hall–Kier alpha value is -0.740. The summed E-state index contributed by atoms with van der Waals surface area (Å²) < 4.78 is 13.8. The number of halogens is 3. The summed E-state index contributed by atoms with van der Waals surface area (Å²) in [6.45, 7) is 0. The van der Waals surface area contributed by atoms with Crippen molar-refractivity contribution in [3.63, 3.8) is 0 Å². The van der Waals surface area contributed by atoms with E-state index in [1.54, 1.807) is 6.07 Å². The highest BCUT2D eigenvalue weighted by Crippen LogP contribution is 2.24. The molecule has 0 unspecified atom stereocenters. The Morgan fingerprint density at radius 3 is 2.85 bits per heavy atom. The van der Waals surface area contributed by atoms with Crippen molar-refractivity contribution in [1.29, 1.82) is 0 Å². The first-order valence-electron chi connectivity index (χ1n) is 3.44. The van der Waals surface area contributed by atoms with Crippen LogP contribution in [0.5, 0.6) is 0 Å². The minimum absolute atomic E-state index is 0.239. The van der Waals surface area contributed by atoms with E-state index in [2.05, 4.69) is 25.9 Å². The first kappa shape index (κ1) is 8.84. The topological polar surface area (TPSA) is 25.8 Å². The van der Waals surface area contributed by atoms with Crippen LogP contribution in [0.3, 0.4) is 0 Å². The Balaban J connectivity index is 2.92. The van der Waals surface area contributed by atoms with E-state index in [4.69, 9.17) is 11.6 Å². The van der Waals surface area contributed by atoms with Crippen molar-refractivity contribution < 1.29 is 4.39 Å². The summed E-state index contributed by atoms with van der Waals surface area (Å²) in [4.78, 5) is 7.57. The average molecular weight is 261 g/mol. The van der Waals surface area contributed by atoms with Gasteiger partial charge in [-0.1, -0.05) is 11.6 Å². The molecule has 0 aliphatic heterocycles. The molecular weight excluding hydrogens is 258 g/mol. The molecule has 2 heterocycles. The zero-order valence-corrected chi connectivity index (χ0v) is 8.60. The SMILES string of the molecule is Fc1cnc(Cl)c2cc(Br)cnc12. The molecule has 0 aliphatic rings. The van der Waals surface area contributed by atoms with E-state index >= 15 is 0 Å². The van der Waals surface area contributed by atoms with E-state index in [-0.39, 0.29) is 10.7 Å². The predicted octanol–water partition coefficient (Wildman–Crippen LogP) is 3.18. The summed E-state index contributed by atoms with van der Waals surface area (Å²) >= 11 is 8.98. The van der Waals surface area contributed by atoms with Crippen LogP contribution in [0.2, 0.25) is 5.15 Å². The highest BCUT2D eigenvalue weighted by molar-refractivity contribution is 9.10. The third kappa shape index (κ3) is 1.51. The van der Waals surface area contributed by atoms with E-state index in [1.807, 2.05) is 0 Å². The first-order valence-corrected chi connectivity index (χ1v) is 4.61. The van der Waals surface area contributed by atoms with Crippen LogP contribution in [0.4, 0.5) is 4.39 Å². The lowest BCUT2D eigenvalue weighted by Crippen LogP contribution is -1.87. The quantitative estimate of drug-likeness (QED) is 0.681. The predicted molar refractivity (Wildman–Crippen MR) is 52.2 cm³/mol. The molecule has 2 nitrogen and oxygen atoms in total. The van der Waals surface area contributed by atoms with Gasteiger partial charge >= 0.3 is 0 Å². The number of aromatic nitrogens is 2. The number of hydrogen-bond donors (Lipinski definition) is 0. The van der Waals surface area contributed by atoms with Gasteiger partial charge in [0.25, 0.3) is 0 Å². The molecule has 5 heteroatoms. The Morgan fingerprint density at radius 1 is 1.31 bits per heavy atom. The van der Waals surface area contributed by atoms with Crippen molar-refractivity contribution in [3.05, 3.63) is 33.9 Å². The van der Waals surface area contributed by atoms with Crippen molar-refractivity contribution in [2.24, 2.45) is 0 Å². The lowest BCUT2D eigenvalue weighted by Gasteiger charge is -1.99. The smallest absolute Gasteiger partial charge is 0.167 e. The Morgan fingerprint density at radius 2 is 2.08 bits per heavy atom. The molecule has 2 aromatic heterocycles. The Labute approximate surface area is 86.9 Å². The van der Waals surface area contributed by atoms with E-state index in [0.717, 1.165) is 10.7 Å². The normalized spacial score (nSPS) is 10.7. The van der Waals surface area contributed by atoms with Gasteiger partial charge in [-0.15, -0.1) is 0 Å². The fourth-order valence-corrected chi connectivity index (χ4v) is 1.56. The van der Waals surface area contributed by atoms with Crippen LogP contribution in [0.1, 0.15) is 0 Å². The number of fused-ring (bicyclic) bond motifs is 1. The molecule has 0 aromatic carbocycles. The summed E-state index contributed by atoms with van der Waals surface area (Å²) in [6, 6.07) is 1.68. The monoisotopic (exact) mass is 260 g/mol. The van der Waals surface area contributed by atoms with Crippen molar-refractivity contribution in [2.75, 3.05) is 0 Å². The van der Waals surface area contributed by atoms with Crippen LogP contribution in [-0.4, -0.2) is 9.97 Å². The molecule has 0 bridgehead atoms. The highest BCUT2D eigenvalue weighted by atomic mass is 79.9. The molecule has 0 amide bonds. The second kappa shape index (κ2) is 3.20. The largest absolute Gasteiger partial charge is 0.252 e. The van der Waals surface area contributed by atoms with Gasteiger partial charge in [0.15, 0.2) is 5.82 Å². The zero-order chi connectivity index (χ0) is 9.42. The zero-order valence-electron chi connectivity index (χ0n) is 6.26. The summed E-state index contributed by atoms with van der Waals surface area (Å²) in [5.41, 5.74) is 0.239. The first-order chi connectivity index (χ1) is 6.18. The molecule has 13 heavy (non-hydrogen) atoms. The third-order valence-corrected chi connectivity index (χ3v) is 2.33. The van der Waals surface area contributed by atoms with E-state index in [1.165, 1.54) is 6.20 Å². The summed E-state index contributed by atoms with van der Waals surface area (Å²) in [5.74, 6) is -0.466. The van der Waals surface area contributed by atoms with E-state index in [9.17, 15) is 4.39 Å². The summed E-state index contributed by atoms with van der Waals surface area (Å²) in [7, 11) is 0. The van der Waals surface area contributed by atoms with Gasteiger partial charge < -0.3 is 0 Å². The number of pyridine rings is 2. The fraction of sp³-hybridized carbons (Fsp3) is 0. The van der Waals surface area contributed by atoms with Gasteiger partial charge in [0.05, 0.1) is 6.20 Å². The lowest BCUT2D eigenvalue weighted by atomic mass is 10.3. The molecule has 0 saturated heterocycles. The van der Waals surface area contributed by atoms with Gasteiger partial charge in [0.1, 0.15) is 10.7 Å². The van der Waals surface area contributed by atoms with Gasteiger partial charge in [-0.25, -0.2) is 9.37 Å². The lowest BCUT2D eigenvalue weighted by molar-refractivity contribution is 0.631. The van der Waals surface area contributed by atoms with Crippen LogP contribution in [0.25, 0.3) is 10.9 Å². The van der Waals surface area contributed by atoms with Crippen LogP contribution < -0.4 is 0 Å². The van der Waals surface area contributed by atoms with Gasteiger partial charge in [-0.05, 0) is 22.0 Å². The van der Waals surface area contributed by atoms with Crippen molar-refractivity contribution in [1.82, 2.24) is 9.97 Å². The maximum absolute atomic E-state index is 13.1. The third-order valence-electron chi connectivity index (χ3n) is 1.59. The molecule has 0 spiro atoms. The second-order valence-electron chi connectivity index (χ2n) is 2.45. The van der Waals surface area contributed by atoms with Gasteiger partial charge in [0.2, 0.25) is 0 Å². The van der Waals surface area contributed by atoms with Crippen molar-refractivity contribution in [3.8, 4) is 0 Å². The van der Waals surface area contributed by atoms with Crippen LogP contribution in [-0.2, 0) is 0 Å². The maximum atomic E-state index is 13.1. The number of nitrogens with zero attached hydrogens (tertiary/aromatic N) is 2. The molecule has 66 valence electrons. The highest BCUT2D eigenvalue weighted by Gasteiger charge is 2.06. The van der Waals surface area contributed by atoms with Crippen LogP contribution in [0, 0.1) is 5.82 Å². The van der Waals surface area contributed by atoms with E-state index in [0.29, 0.717) is 5.39 Å². The standard InChI is InChI=1S/C8H3BrClFN2/c9-4-1-5-7(12-2-4)6(11)3-13-8(5)10/h1-3H. The molecule has 2 aromatic rings. The number of rotatable bonds is 0. The Kier molecular flexibility index (Phi) is 2.17. The maximum Gasteiger partial charge on any atom is 0.167 e. The second-order valence-corrected chi connectivity index (χ2v) is 3.72. The van der Waals surface area contributed by atoms with Crippen molar-refractivity contribution >= 4 is 38.4 Å². The average Bonchev–Trinajstić information content (AvgIpc) is 2.12. The molecule has 0 fully saturated rings. The van der Waals surface area contributed by atoms with Crippen LogP contribution in [0.15, 0.2) is 22.9 Å². The van der Waals surface area contributed by atoms with Gasteiger partial charge in [0, 0.05) is 16.1 Å². The van der Waals surface area contributed by atoms with Gasteiger partial charge in [-0.2, -0.15) is 0 Å². The molecular formula is C8H3BrClFN2. The molecule has 0 aliphatic carbocycles. The summed E-state index contributed by atoms with van der Waals surface area (Å²) in [6.07, 6.45) is 2.58. The molecule has 2 rings (SSSR count). The Bertz CT molecular complexity index is 475. The molecule has 0 atom stereocenters. The van der Waals surface area contributed by atoms with Gasteiger partial charge in [-0.3, -0.25) is 4.98 Å². The summed E-state index contributed by atoms with van der Waals surface area (Å²) in [5, 5.41) is 0.765. The molecule has 0 radical (unpaired) electrons. The number of hydrogen-bond acceptors (Lipinski definition) is 2. The molecule has 0 saturated carbocycles. The minimum Gasteiger partial charge on any atom is -0.252 e. The minimum atomic E-state index is -0.466. The molecule has 0 N–H and O–H groups in total.